The van der Waals surface area contributed by atoms with Crippen molar-refractivity contribution in [3.63, 3.8) is 0 Å². The molecule has 0 radical (unpaired) electrons. The zero-order chi connectivity index (χ0) is 17.0. The number of benzene rings is 2. The molecule has 24 heavy (non-hydrogen) atoms. The van der Waals surface area contributed by atoms with E-state index in [0.29, 0.717) is 17.7 Å². The van der Waals surface area contributed by atoms with Gasteiger partial charge < -0.3 is 4.74 Å². The number of allylic oxidation sites excluding steroid dienone is 1. The molecule has 2 aromatic carbocycles. The molecule has 0 N–H and O–H groups in total. The Balaban J connectivity index is 2.12. The molecule has 126 valence electrons. The van der Waals surface area contributed by atoms with Crippen molar-refractivity contribution in [2.24, 2.45) is 0 Å². The summed E-state index contributed by atoms with van der Waals surface area (Å²) in [6.45, 7) is 0. The minimum Gasteiger partial charge on any atom is -0.501 e. The van der Waals surface area contributed by atoms with Gasteiger partial charge in [-0.15, -0.1) is 0 Å². The molecule has 2 aromatic rings. The molecule has 0 saturated carbocycles. The molecule has 4 heteroatoms. The summed E-state index contributed by atoms with van der Waals surface area (Å²) in [7, 11) is -1.91. The number of sulfone groups is 1. The molecule has 1 aliphatic rings. The van der Waals surface area contributed by atoms with Gasteiger partial charge in [-0.3, -0.25) is 0 Å². The molecular formula is C20H22O3S. The van der Waals surface area contributed by atoms with Crippen LogP contribution in [0.5, 0.6) is 0 Å². The van der Waals surface area contributed by atoms with E-state index in [1.807, 2.05) is 42.5 Å². The van der Waals surface area contributed by atoms with E-state index < -0.39 is 14.6 Å². The fourth-order valence-electron chi connectivity index (χ4n) is 3.38. The Bertz CT molecular complexity index is 810. The van der Waals surface area contributed by atoms with E-state index in [0.717, 1.165) is 24.2 Å². The Hall–Kier alpha value is -2.07. The minimum atomic E-state index is -3.52. The van der Waals surface area contributed by atoms with Crippen LogP contribution in [0.3, 0.4) is 0 Å². The van der Waals surface area contributed by atoms with Gasteiger partial charge in [0.05, 0.1) is 17.8 Å². The van der Waals surface area contributed by atoms with Crippen LogP contribution in [0.4, 0.5) is 0 Å². The van der Waals surface area contributed by atoms with Gasteiger partial charge in [0.15, 0.2) is 9.84 Å². The van der Waals surface area contributed by atoms with Gasteiger partial charge in [0.25, 0.3) is 0 Å². The fourth-order valence-corrected chi connectivity index (χ4v) is 5.42. The molecule has 1 aliphatic carbocycles. The first-order valence-corrected chi connectivity index (χ1v) is 9.65. The predicted octanol–water partition coefficient (Wildman–Crippen LogP) is 4.16. The van der Waals surface area contributed by atoms with Crippen LogP contribution >= 0.6 is 0 Å². The van der Waals surface area contributed by atoms with Crippen LogP contribution < -0.4 is 0 Å². The molecule has 0 fully saturated rings. The Kier molecular flexibility index (Phi) is 4.76. The minimum absolute atomic E-state index is 0.370. The van der Waals surface area contributed by atoms with Crippen molar-refractivity contribution in [2.45, 2.75) is 35.3 Å². The highest BCUT2D eigenvalue weighted by atomic mass is 32.2. The Labute approximate surface area is 143 Å². The first kappa shape index (κ1) is 16.8. The van der Waals surface area contributed by atoms with Crippen molar-refractivity contribution in [1.29, 1.82) is 0 Å². The Morgan fingerprint density at radius 3 is 2.25 bits per heavy atom. The van der Waals surface area contributed by atoms with Gasteiger partial charge in [0, 0.05) is 6.42 Å². The molecule has 0 heterocycles. The molecule has 0 amide bonds. The molecule has 0 aliphatic heterocycles. The van der Waals surface area contributed by atoms with Crippen molar-refractivity contribution >= 4 is 9.84 Å². The van der Waals surface area contributed by atoms with Crippen LogP contribution in [0.25, 0.3) is 0 Å². The topological polar surface area (TPSA) is 43.4 Å². The van der Waals surface area contributed by atoms with Gasteiger partial charge in [-0.25, -0.2) is 8.42 Å². The molecular weight excluding hydrogens is 320 g/mol. The summed E-state index contributed by atoms with van der Waals surface area (Å²) in [5, 5.41) is 0. The highest BCUT2D eigenvalue weighted by Gasteiger charge is 2.44. The van der Waals surface area contributed by atoms with Crippen molar-refractivity contribution < 1.29 is 13.2 Å². The highest BCUT2D eigenvalue weighted by Crippen LogP contribution is 2.40. The van der Waals surface area contributed by atoms with E-state index in [1.165, 1.54) is 0 Å². The quantitative estimate of drug-likeness (QED) is 0.819. The summed E-state index contributed by atoms with van der Waals surface area (Å²) in [5.41, 5.74) is 1.02. The lowest BCUT2D eigenvalue weighted by Gasteiger charge is -2.34. The lowest BCUT2D eigenvalue weighted by molar-refractivity contribution is 0.259. The van der Waals surface area contributed by atoms with E-state index in [2.05, 4.69) is 0 Å². The maximum Gasteiger partial charge on any atom is 0.188 e. The molecule has 0 bridgehead atoms. The summed E-state index contributed by atoms with van der Waals surface area (Å²) >= 11 is 0. The number of hydrogen-bond donors (Lipinski definition) is 0. The highest BCUT2D eigenvalue weighted by molar-refractivity contribution is 7.93. The number of methoxy groups -OCH3 is 1. The lowest BCUT2D eigenvalue weighted by atomic mass is 9.88. The summed E-state index contributed by atoms with van der Waals surface area (Å²) in [6.07, 6.45) is 4.49. The second-order valence-corrected chi connectivity index (χ2v) is 8.50. The average molecular weight is 342 g/mol. The van der Waals surface area contributed by atoms with Crippen LogP contribution in [-0.2, 0) is 21.0 Å². The standard InChI is InChI=1S/C20H22O3S/c1-23-18-11-8-14-20(16-18,15-17-9-4-2-5-10-17)24(21,22)19-12-6-3-7-13-19/h2-7,9-10,12-13,16H,8,11,14-15H2,1H3. The van der Waals surface area contributed by atoms with E-state index in [9.17, 15) is 8.42 Å². The van der Waals surface area contributed by atoms with E-state index >= 15 is 0 Å². The van der Waals surface area contributed by atoms with Crippen molar-refractivity contribution in [3.8, 4) is 0 Å². The third-order valence-corrected chi connectivity index (χ3v) is 7.07. The average Bonchev–Trinajstić information content (AvgIpc) is 2.63. The number of rotatable bonds is 5. The fraction of sp³-hybridized carbons (Fsp3) is 0.300. The summed E-state index contributed by atoms with van der Waals surface area (Å²) in [5.74, 6) is 0.761. The van der Waals surface area contributed by atoms with Gasteiger partial charge in [0.2, 0.25) is 0 Å². The second kappa shape index (κ2) is 6.81. The molecule has 3 nitrogen and oxygen atoms in total. The molecule has 1 unspecified atom stereocenters. The van der Waals surface area contributed by atoms with Crippen LogP contribution in [-0.4, -0.2) is 20.3 Å². The molecule has 1 atom stereocenters. The summed E-state index contributed by atoms with van der Waals surface area (Å²) in [4.78, 5) is 0.370. The van der Waals surface area contributed by atoms with Crippen LogP contribution in [0.2, 0.25) is 0 Å². The normalized spacial score (nSPS) is 21.1. The van der Waals surface area contributed by atoms with Crippen LogP contribution in [0.1, 0.15) is 24.8 Å². The largest absolute Gasteiger partial charge is 0.501 e. The Morgan fingerprint density at radius 2 is 1.62 bits per heavy atom. The van der Waals surface area contributed by atoms with Gasteiger partial charge in [-0.2, -0.15) is 0 Å². The second-order valence-electron chi connectivity index (χ2n) is 6.21. The number of hydrogen-bond acceptors (Lipinski definition) is 3. The first-order valence-electron chi connectivity index (χ1n) is 8.17. The van der Waals surface area contributed by atoms with Gasteiger partial charge >= 0.3 is 0 Å². The molecule has 0 aromatic heterocycles. The van der Waals surface area contributed by atoms with Crippen molar-refractivity contribution in [3.05, 3.63) is 78.1 Å². The Morgan fingerprint density at radius 1 is 1.00 bits per heavy atom. The summed E-state index contributed by atoms with van der Waals surface area (Å²) in [6, 6.07) is 18.5. The maximum atomic E-state index is 13.5. The third kappa shape index (κ3) is 3.11. The smallest absolute Gasteiger partial charge is 0.188 e. The lowest BCUT2D eigenvalue weighted by Crippen LogP contribution is -2.41. The third-order valence-electron chi connectivity index (χ3n) is 4.64. The van der Waals surface area contributed by atoms with Crippen LogP contribution in [0, 0.1) is 0 Å². The monoisotopic (exact) mass is 342 g/mol. The van der Waals surface area contributed by atoms with Crippen LogP contribution in [0.15, 0.2) is 77.4 Å². The van der Waals surface area contributed by atoms with E-state index in [4.69, 9.17) is 4.74 Å². The number of ether oxygens (including phenoxy) is 1. The zero-order valence-corrected chi connectivity index (χ0v) is 14.6. The van der Waals surface area contributed by atoms with Gasteiger partial charge in [0.1, 0.15) is 4.75 Å². The maximum absolute atomic E-state index is 13.5. The van der Waals surface area contributed by atoms with Crippen molar-refractivity contribution in [1.82, 2.24) is 0 Å². The molecule has 3 rings (SSSR count). The van der Waals surface area contributed by atoms with Gasteiger partial charge in [-0.1, -0.05) is 48.5 Å². The molecule has 0 saturated heterocycles. The zero-order valence-electron chi connectivity index (χ0n) is 13.8. The SMILES string of the molecule is COC1=CC(Cc2ccccc2)(S(=O)(=O)c2ccccc2)CCC1. The first-order chi connectivity index (χ1) is 11.6. The van der Waals surface area contributed by atoms with Gasteiger partial charge in [-0.05, 0) is 43.0 Å². The summed E-state index contributed by atoms with van der Waals surface area (Å²) < 4.78 is 31.4. The van der Waals surface area contributed by atoms with E-state index in [1.54, 1.807) is 31.4 Å². The van der Waals surface area contributed by atoms with Crippen molar-refractivity contribution in [2.75, 3.05) is 7.11 Å². The van der Waals surface area contributed by atoms with E-state index in [-0.39, 0.29) is 0 Å². The predicted molar refractivity (Wildman–Crippen MR) is 95.4 cm³/mol. The molecule has 0 spiro atoms.